The van der Waals surface area contributed by atoms with Gasteiger partial charge < -0.3 is 15.7 Å². The number of benzene rings is 1. The lowest BCUT2D eigenvalue weighted by Gasteiger charge is -2.29. The molecule has 42 heavy (non-hydrogen) atoms. The van der Waals surface area contributed by atoms with Gasteiger partial charge in [-0.2, -0.15) is 13.2 Å². The summed E-state index contributed by atoms with van der Waals surface area (Å²) >= 11 is -0.224. The average Bonchev–Trinajstić information content (AvgIpc) is 2.94. The third-order valence-corrected chi connectivity index (χ3v) is 8.29. The smallest absolute Gasteiger partial charge is 0.446 e. The van der Waals surface area contributed by atoms with Crippen LogP contribution in [0.15, 0.2) is 76.8 Å². The molecule has 1 aromatic rings. The van der Waals surface area contributed by atoms with Gasteiger partial charge >= 0.3 is 11.5 Å². The second-order valence-electron chi connectivity index (χ2n) is 10.6. The van der Waals surface area contributed by atoms with E-state index in [1.165, 1.54) is 55.9 Å². The zero-order valence-electron chi connectivity index (χ0n) is 23.8. The fourth-order valence-corrected chi connectivity index (χ4v) is 6.01. The van der Waals surface area contributed by atoms with Crippen molar-refractivity contribution in [1.29, 1.82) is 0 Å². The fourth-order valence-electron chi connectivity index (χ4n) is 5.41. The van der Waals surface area contributed by atoms with Gasteiger partial charge in [0.25, 0.3) is 5.91 Å². The molecule has 2 aliphatic carbocycles. The molecule has 0 saturated heterocycles. The summed E-state index contributed by atoms with van der Waals surface area (Å²) in [4.78, 5) is 36.6. The molecule has 6 nitrogen and oxygen atoms in total. The van der Waals surface area contributed by atoms with Crippen LogP contribution in [0.2, 0.25) is 0 Å². The molecule has 1 fully saturated rings. The number of carboxylic acids is 1. The van der Waals surface area contributed by atoms with Crippen molar-refractivity contribution in [3.63, 3.8) is 0 Å². The van der Waals surface area contributed by atoms with Crippen LogP contribution < -0.4 is 10.6 Å². The molecule has 2 atom stereocenters. The van der Waals surface area contributed by atoms with Gasteiger partial charge in [-0.25, -0.2) is 0 Å². The highest BCUT2D eigenvalue weighted by Gasteiger charge is 2.30. The van der Waals surface area contributed by atoms with Crippen LogP contribution in [-0.4, -0.2) is 34.9 Å². The first-order valence-electron chi connectivity index (χ1n) is 14.4. The third kappa shape index (κ3) is 11.2. The molecule has 0 heterocycles. The average molecular weight is 605 g/mol. The predicted octanol–water partition coefficient (Wildman–Crippen LogP) is 7.81. The molecule has 1 aromatic carbocycles. The Balaban J connectivity index is 1.68. The number of carboxylic acid groups (broad SMARTS) is 1. The summed E-state index contributed by atoms with van der Waals surface area (Å²) in [6.45, 7) is 1.73. The number of nitrogens with one attached hydrogen (secondary N) is 2. The lowest BCUT2D eigenvalue weighted by atomic mass is 9.77. The summed E-state index contributed by atoms with van der Waals surface area (Å²) in [5.41, 5.74) is -2.40. The number of thioether (sulfide) groups is 1. The number of rotatable bonds is 13. The Bertz CT molecular complexity index is 1220. The highest BCUT2D eigenvalue weighted by molar-refractivity contribution is 8.00. The number of hydrogen-bond donors (Lipinski definition) is 3. The fraction of sp³-hybridized carbons (Fsp3) is 0.469. The first-order chi connectivity index (χ1) is 20.1. The van der Waals surface area contributed by atoms with Gasteiger partial charge in [-0.05, 0) is 86.4 Å². The van der Waals surface area contributed by atoms with Crippen LogP contribution in [0, 0.1) is 17.8 Å². The van der Waals surface area contributed by atoms with Crippen molar-refractivity contribution in [2.24, 2.45) is 17.8 Å². The first-order valence-corrected chi connectivity index (χ1v) is 15.2. The molecule has 0 radical (unpaired) electrons. The number of alkyl halides is 3. The zero-order valence-corrected chi connectivity index (χ0v) is 24.6. The van der Waals surface area contributed by atoms with E-state index in [2.05, 4.69) is 28.9 Å². The Kier molecular flexibility index (Phi) is 13.0. The van der Waals surface area contributed by atoms with Crippen molar-refractivity contribution >= 4 is 35.2 Å². The van der Waals surface area contributed by atoms with Crippen molar-refractivity contribution in [1.82, 2.24) is 5.32 Å². The van der Waals surface area contributed by atoms with Crippen LogP contribution >= 0.6 is 11.8 Å². The number of carbonyl (C=O) groups excluding carboxylic acids is 2. The summed E-state index contributed by atoms with van der Waals surface area (Å²) < 4.78 is 38.6. The molecule has 0 aromatic heterocycles. The number of hydrogen-bond acceptors (Lipinski definition) is 4. The first kappa shape index (κ1) is 33.2. The van der Waals surface area contributed by atoms with Gasteiger partial charge in [-0.3, -0.25) is 14.4 Å². The van der Waals surface area contributed by atoms with Gasteiger partial charge in [-0.15, -0.1) is 0 Å². The normalized spacial score (nSPS) is 18.9. The largest absolute Gasteiger partial charge is 0.481 e. The van der Waals surface area contributed by atoms with Crippen molar-refractivity contribution in [2.45, 2.75) is 75.1 Å². The highest BCUT2D eigenvalue weighted by atomic mass is 32.2. The molecule has 2 unspecified atom stereocenters. The summed E-state index contributed by atoms with van der Waals surface area (Å²) in [7, 11) is 0. The summed E-state index contributed by atoms with van der Waals surface area (Å²) in [5, 5.41) is 14.2. The van der Waals surface area contributed by atoms with E-state index in [0.717, 1.165) is 0 Å². The van der Waals surface area contributed by atoms with Crippen molar-refractivity contribution in [2.75, 3.05) is 11.9 Å². The van der Waals surface area contributed by atoms with E-state index >= 15 is 0 Å². The quantitative estimate of drug-likeness (QED) is 0.121. The van der Waals surface area contributed by atoms with Crippen molar-refractivity contribution in [3.05, 3.63) is 71.9 Å². The minimum Gasteiger partial charge on any atom is -0.481 e. The SMILES string of the molecule is C/C=C(\C=C/CCC(C(=O)Nc1cccc(SC(F)(F)F)c1)C1C=CC(C2CCCCC2)=CC1)C(=O)NCCC(=O)O. The maximum Gasteiger partial charge on any atom is 0.446 e. The Hall–Kier alpha value is -3.27. The molecule has 1 saturated carbocycles. The van der Waals surface area contributed by atoms with E-state index in [4.69, 9.17) is 5.11 Å². The number of aliphatic carboxylic acids is 1. The van der Waals surface area contributed by atoms with E-state index in [0.29, 0.717) is 36.4 Å². The minimum atomic E-state index is -4.42. The standard InChI is InChI=1S/C32H39F3N2O4S/c1-2-22(30(40)36-20-19-29(38)39)9-6-7-14-28(25-17-15-24(16-18-25)23-10-4-3-5-11-23)31(41)37-26-12-8-13-27(21-26)42-32(33,34)35/h2,6,8-9,12-13,15-17,21,23,25,28H,3-5,7,10-11,14,18-20H2,1H3,(H,36,40)(H,37,41)(H,38,39)/b9-6-,22-2+. The second-order valence-corrected chi connectivity index (χ2v) is 11.7. The second kappa shape index (κ2) is 16.4. The molecule has 2 aliphatic rings. The third-order valence-electron chi connectivity index (χ3n) is 7.57. The summed E-state index contributed by atoms with van der Waals surface area (Å²) in [6, 6.07) is 5.75. The molecule has 0 spiro atoms. The molecule has 3 N–H and O–H groups in total. The predicted molar refractivity (Wildman–Crippen MR) is 160 cm³/mol. The van der Waals surface area contributed by atoms with Gasteiger partial charge in [0.2, 0.25) is 5.91 Å². The van der Waals surface area contributed by atoms with E-state index in [-0.39, 0.29) is 47.4 Å². The molecule has 2 amide bonds. The Labute approximate surface area is 249 Å². The highest BCUT2D eigenvalue weighted by Crippen LogP contribution is 2.38. The molecule has 3 rings (SSSR count). The van der Waals surface area contributed by atoms with Gasteiger partial charge in [0, 0.05) is 28.6 Å². The van der Waals surface area contributed by atoms with Crippen LogP contribution in [0.25, 0.3) is 0 Å². The van der Waals surface area contributed by atoms with Crippen LogP contribution in [0.3, 0.4) is 0 Å². The lowest BCUT2D eigenvalue weighted by molar-refractivity contribution is -0.137. The Morgan fingerprint density at radius 3 is 2.57 bits per heavy atom. The summed E-state index contributed by atoms with van der Waals surface area (Å²) in [6.07, 6.45) is 19.1. The minimum absolute atomic E-state index is 0.00193. The lowest BCUT2D eigenvalue weighted by Crippen LogP contribution is -2.29. The molecule has 228 valence electrons. The van der Waals surface area contributed by atoms with Crippen LogP contribution in [0.4, 0.5) is 18.9 Å². The van der Waals surface area contributed by atoms with Crippen molar-refractivity contribution in [3.8, 4) is 0 Å². The van der Waals surface area contributed by atoms with Gasteiger partial charge in [0.15, 0.2) is 0 Å². The van der Waals surface area contributed by atoms with E-state index in [1.54, 1.807) is 25.1 Å². The topological polar surface area (TPSA) is 95.5 Å². The monoisotopic (exact) mass is 604 g/mol. The van der Waals surface area contributed by atoms with Gasteiger partial charge in [0.1, 0.15) is 0 Å². The molecule has 0 aliphatic heterocycles. The van der Waals surface area contributed by atoms with E-state index in [1.807, 2.05) is 6.08 Å². The Morgan fingerprint density at radius 2 is 1.93 bits per heavy atom. The number of amides is 2. The number of anilines is 1. The van der Waals surface area contributed by atoms with Gasteiger partial charge in [-0.1, -0.05) is 61.8 Å². The van der Waals surface area contributed by atoms with Crippen molar-refractivity contribution < 1.29 is 32.7 Å². The number of allylic oxidation sites excluding steroid dienone is 6. The maximum atomic E-state index is 13.5. The molecular weight excluding hydrogens is 565 g/mol. The maximum absolute atomic E-state index is 13.5. The Morgan fingerprint density at radius 1 is 1.17 bits per heavy atom. The molecule has 10 heteroatoms. The summed E-state index contributed by atoms with van der Waals surface area (Å²) in [5.74, 6) is -1.59. The van der Waals surface area contributed by atoms with Crippen LogP contribution in [-0.2, 0) is 14.4 Å². The molecule has 0 bridgehead atoms. The van der Waals surface area contributed by atoms with E-state index < -0.39 is 17.4 Å². The van der Waals surface area contributed by atoms with E-state index in [9.17, 15) is 27.6 Å². The van der Waals surface area contributed by atoms with Crippen LogP contribution in [0.5, 0.6) is 0 Å². The zero-order chi connectivity index (χ0) is 30.5. The molecular formula is C32H39F3N2O4S. The van der Waals surface area contributed by atoms with Gasteiger partial charge in [0.05, 0.1) is 6.42 Å². The van der Waals surface area contributed by atoms with Crippen LogP contribution in [0.1, 0.15) is 64.7 Å². The number of halogens is 3. The number of carbonyl (C=O) groups is 3.